The lowest BCUT2D eigenvalue weighted by atomic mass is 10.0. The van der Waals surface area contributed by atoms with Gasteiger partial charge in [0.05, 0.1) is 11.8 Å². The lowest BCUT2D eigenvalue weighted by Crippen LogP contribution is -2.07. The van der Waals surface area contributed by atoms with Crippen molar-refractivity contribution in [3.63, 3.8) is 0 Å². The second-order valence-electron chi connectivity index (χ2n) is 5.08. The predicted octanol–water partition coefficient (Wildman–Crippen LogP) is 3.65. The minimum Gasteiger partial charge on any atom is -0.388 e. The predicted molar refractivity (Wildman–Crippen MR) is 85.2 cm³/mol. The molecule has 0 aliphatic heterocycles. The molecular weight excluding hydrogens is 351 g/mol. The van der Waals surface area contributed by atoms with Crippen LogP contribution in [0.25, 0.3) is 0 Å². The smallest absolute Gasteiger partial charge is 0.0856 e. The fourth-order valence-electron chi connectivity index (χ4n) is 2.01. The quantitative estimate of drug-likeness (QED) is 0.835. The topological polar surface area (TPSA) is 38.0 Å². The van der Waals surface area contributed by atoms with E-state index in [1.165, 1.54) is 5.56 Å². The molecule has 1 N–H and O–H groups in total. The molecule has 1 atom stereocenters. The van der Waals surface area contributed by atoms with Gasteiger partial charge in [0.15, 0.2) is 0 Å². The summed E-state index contributed by atoms with van der Waals surface area (Å²) in [6, 6.07) is 8.36. The summed E-state index contributed by atoms with van der Waals surface area (Å²) >= 11 is 2.29. The van der Waals surface area contributed by atoms with Crippen LogP contribution >= 0.6 is 22.6 Å². The van der Waals surface area contributed by atoms with Gasteiger partial charge in [-0.3, -0.25) is 4.68 Å². The normalized spacial score (nSPS) is 12.9. The van der Waals surface area contributed by atoms with Gasteiger partial charge < -0.3 is 5.11 Å². The van der Waals surface area contributed by atoms with Crippen molar-refractivity contribution < 1.29 is 5.11 Å². The first-order valence-corrected chi connectivity index (χ1v) is 7.54. The van der Waals surface area contributed by atoms with Gasteiger partial charge in [0.2, 0.25) is 0 Å². The molecule has 0 aliphatic carbocycles. The maximum Gasteiger partial charge on any atom is 0.0856 e. The van der Waals surface area contributed by atoms with Gasteiger partial charge in [0.1, 0.15) is 0 Å². The van der Waals surface area contributed by atoms with E-state index in [0.29, 0.717) is 12.5 Å². The molecule has 19 heavy (non-hydrogen) atoms. The number of halogens is 1. The third kappa shape index (κ3) is 3.36. The highest BCUT2D eigenvalue weighted by Gasteiger charge is 2.14. The molecule has 0 bridgehead atoms. The van der Waals surface area contributed by atoms with Gasteiger partial charge in [-0.25, -0.2) is 0 Å². The Morgan fingerprint density at radius 1 is 1.32 bits per heavy atom. The molecule has 0 fully saturated rings. The van der Waals surface area contributed by atoms with E-state index in [4.69, 9.17) is 0 Å². The van der Waals surface area contributed by atoms with Crippen molar-refractivity contribution >= 4 is 22.6 Å². The molecule has 2 aromatic rings. The van der Waals surface area contributed by atoms with E-state index in [1.807, 2.05) is 29.1 Å². The number of nitrogens with zero attached hydrogens (tertiary/aromatic N) is 2. The second-order valence-corrected chi connectivity index (χ2v) is 6.16. The van der Waals surface area contributed by atoms with Crippen LogP contribution in [0.1, 0.15) is 42.8 Å². The Kier molecular flexibility index (Phi) is 4.62. The van der Waals surface area contributed by atoms with Crippen molar-refractivity contribution in [2.75, 3.05) is 0 Å². The number of rotatable bonds is 4. The number of hydrogen-bond acceptors (Lipinski definition) is 2. The van der Waals surface area contributed by atoms with Gasteiger partial charge >= 0.3 is 0 Å². The SMILES string of the molecule is Cc1cccc(C(O)Cc2ccn(C(C)C)n2)c1I. The third-order valence-corrected chi connectivity index (χ3v) is 4.65. The van der Waals surface area contributed by atoms with Crippen molar-refractivity contribution in [3.8, 4) is 0 Å². The molecule has 0 saturated carbocycles. The van der Waals surface area contributed by atoms with E-state index in [2.05, 4.69) is 54.5 Å². The van der Waals surface area contributed by atoms with Gasteiger partial charge in [-0.2, -0.15) is 5.10 Å². The summed E-state index contributed by atoms with van der Waals surface area (Å²) in [4.78, 5) is 0. The van der Waals surface area contributed by atoms with Crippen LogP contribution in [0.3, 0.4) is 0 Å². The molecule has 0 saturated heterocycles. The molecule has 2 rings (SSSR count). The summed E-state index contributed by atoms with van der Waals surface area (Å²) in [6.07, 6.45) is 2.02. The number of aliphatic hydroxyl groups is 1. The van der Waals surface area contributed by atoms with Crippen LogP contribution in [0.15, 0.2) is 30.5 Å². The number of aryl methyl sites for hydroxylation is 1. The molecule has 4 heteroatoms. The summed E-state index contributed by atoms with van der Waals surface area (Å²) in [7, 11) is 0. The maximum absolute atomic E-state index is 10.4. The van der Waals surface area contributed by atoms with Crippen LogP contribution < -0.4 is 0 Å². The summed E-state index contributed by atoms with van der Waals surface area (Å²) in [5, 5.41) is 14.9. The highest BCUT2D eigenvalue weighted by Crippen LogP contribution is 2.25. The monoisotopic (exact) mass is 370 g/mol. The Bertz CT molecular complexity index is 563. The van der Waals surface area contributed by atoms with Crippen LogP contribution in [0.2, 0.25) is 0 Å². The molecule has 0 radical (unpaired) electrons. The summed E-state index contributed by atoms with van der Waals surface area (Å²) < 4.78 is 3.05. The van der Waals surface area contributed by atoms with Crippen LogP contribution in [0.5, 0.6) is 0 Å². The molecule has 102 valence electrons. The van der Waals surface area contributed by atoms with Gasteiger partial charge in [0.25, 0.3) is 0 Å². The van der Waals surface area contributed by atoms with Crippen molar-refractivity contribution in [2.24, 2.45) is 0 Å². The van der Waals surface area contributed by atoms with E-state index >= 15 is 0 Å². The Morgan fingerprint density at radius 2 is 2.05 bits per heavy atom. The molecule has 1 unspecified atom stereocenters. The third-order valence-electron chi connectivity index (χ3n) is 3.18. The molecular formula is C15H19IN2O. The maximum atomic E-state index is 10.4. The molecule has 0 amide bonds. The largest absolute Gasteiger partial charge is 0.388 e. The van der Waals surface area contributed by atoms with E-state index in [-0.39, 0.29) is 0 Å². The summed E-state index contributed by atoms with van der Waals surface area (Å²) in [5.74, 6) is 0. The Morgan fingerprint density at radius 3 is 2.68 bits per heavy atom. The Balaban J connectivity index is 2.16. The van der Waals surface area contributed by atoms with E-state index < -0.39 is 6.10 Å². The average Bonchev–Trinajstić information content (AvgIpc) is 2.81. The molecule has 1 heterocycles. The lowest BCUT2D eigenvalue weighted by Gasteiger charge is -2.13. The standard InChI is InChI=1S/C15H19IN2O/c1-10(2)18-8-7-12(17-18)9-14(19)13-6-4-5-11(3)15(13)16/h4-8,10,14,19H,9H2,1-3H3. The molecule has 3 nitrogen and oxygen atoms in total. The van der Waals surface area contributed by atoms with Gasteiger partial charge in [-0.15, -0.1) is 0 Å². The van der Waals surface area contributed by atoms with Gasteiger partial charge in [0, 0.05) is 22.2 Å². The van der Waals surface area contributed by atoms with E-state index in [9.17, 15) is 5.11 Å². The highest BCUT2D eigenvalue weighted by atomic mass is 127. The van der Waals surface area contributed by atoms with Crippen LogP contribution in [0, 0.1) is 10.5 Å². The fourth-order valence-corrected chi connectivity index (χ4v) is 2.73. The minimum atomic E-state index is -0.498. The number of aliphatic hydroxyl groups excluding tert-OH is 1. The van der Waals surface area contributed by atoms with E-state index in [1.54, 1.807) is 0 Å². The molecule has 0 aliphatic rings. The zero-order valence-electron chi connectivity index (χ0n) is 11.5. The second kappa shape index (κ2) is 6.05. The van der Waals surface area contributed by atoms with Crippen molar-refractivity contribution in [1.29, 1.82) is 0 Å². The molecule has 0 spiro atoms. The molecule has 1 aromatic heterocycles. The average molecular weight is 370 g/mol. The van der Waals surface area contributed by atoms with E-state index in [0.717, 1.165) is 14.8 Å². The van der Waals surface area contributed by atoms with Crippen molar-refractivity contribution in [2.45, 2.75) is 39.3 Å². The Hall–Kier alpha value is -0.880. The van der Waals surface area contributed by atoms with Crippen LogP contribution in [0.4, 0.5) is 0 Å². The first-order chi connectivity index (χ1) is 8.99. The molecule has 1 aromatic carbocycles. The zero-order valence-corrected chi connectivity index (χ0v) is 13.6. The summed E-state index contributed by atoms with van der Waals surface area (Å²) in [6.45, 7) is 6.25. The first-order valence-electron chi connectivity index (χ1n) is 6.46. The minimum absolute atomic E-state index is 0.352. The fraction of sp³-hybridized carbons (Fsp3) is 0.400. The van der Waals surface area contributed by atoms with Crippen molar-refractivity contribution in [1.82, 2.24) is 9.78 Å². The number of benzene rings is 1. The van der Waals surface area contributed by atoms with Crippen molar-refractivity contribution in [3.05, 3.63) is 50.9 Å². The van der Waals surface area contributed by atoms with Gasteiger partial charge in [-0.05, 0) is 60.6 Å². The van der Waals surface area contributed by atoms with Crippen LogP contribution in [-0.4, -0.2) is 14.9 Å². The number of aromatic nitrogens is 2. The van der Waals surface area contributed by atoms with Crippen LogP contribution in [-0.2, 0) is 6.42 Å². The number of hydrogen-bond donors (Lipinski definition) is 1. The highest BCUT2D eigenvalue weighted by molar-refractivity contribution is 14.1. The lowest BCUT2D eigenvalue weighted by molar-refractivity contribution is 0.176. The zero-order chi connectivity index (χ0) is 14.0. The first kappa shape index (κ1) is 14.5. The Labute approximate surface area is 127 Å². The van der Waals surface area contributed by atoms with Gasteiger partial charge in [-0.1, -0.05) is 18.2 Å². The summed E-state index contributed by atoms with van der Waals surface area (Å²) in [5.41, 5.74) is 3.11.